The second-order valence-corrected chi connectivity index (χ2v) is 21.8. The van der Waals surface area contributed by atoms with E-state index in [1.807, 2.05) is 19.1 Å². The van der Waals surface area contributed by atoms with Gasteiger partial charge in [0.05, 0.1) is 0 Å². The van der Waals surface area contributed by atoms with E-state index in [0.717, 1.165) is 24.3 Å². The van der Waals surface area contributed by atoms with Crippen LogP contribution in [-0.2, 0) is 6.42 Å². The van der Waals surface area contributed by atoms with Gasteiger partial charge in [0.2, 0.25) is 0 Å². The summed E-state index contributed by atoms with van der Waals surface area (Å²) in [6.07, 6.45) is 12.0. The molecular weight excluding hydrogens is 489 g/mol. The van der Waals surface area contributed by atoms with Gasteiger partial charge >= 0.3 is 194 Å². The fourth-order valence-corrected chi connectivity index (χ4v) is 21.6. The molecule has 0 saturated heterocycles. The van der Waals surface area contributed by atoms with E-state index in [1.165, 1.54) is 57.4 Å². The van der Waals surface area contributed by atoms with E-state index in [1.54, 1.807) is 3.59 Å². The standard InChI is InChI=1S/C14H12N3O.3C4H9.Sn/c1-11-16-17-14(18-11)5-3-2-4-12-6-8-13(10-15)9-7-12;3*1-3-4-2;/h2,6-9H,3,5H2,1H3;3*1,3-4H2,2H3;. The van der Waals surface area contributed by atoms with Crippen LogP contribution in [0.5, 0.6) is 0 Å². The number of nitrogens with zero attached hydrogens (tertiary/aromatic N) is 3. The third kappa shape index (κ3) is 7.79. The Kier molecular flexibility index (Phi) is 11.4. The molecule has 1 heterocycles. The Labute approximate surface area is 193 Å². The van der Waals surface area contributed by atoms with Gasteiger partial charge < -0.3 is 0 Å². The summed E-state index contributed by atoms with van der Waals surface area (Å²) in [5.41, 5.74) is 2.08. The number of hydrogen-bond donors (Lipinski definition) is 0. The molecule has 0 atom stereocenters. The first-order chi connectivity index (χ1) is 15.1. The van der Waals surface area contributed by atoms with E-state index < -0.39 is 18.4 Å². The third-order valence-electron chi connectivity index (χ3n) is 6.20. The fraction of sp³-hybridized carbons (Fsp3) is 0.577. The maximum absolute atomic E-state index is 9.27. The second kappa shape index (κ2) is 13.7. The summed E-state index contributed by atoms with van der Waals surface area (Å²) in [4.78, 5) is 0. The molecule has 5 heteroatoms. The Balaban J connectivity index is 2.45. The van der Waals surface area contributed by atoms with Crippen LogP contribution in [0.3, 0.4) is 0 Å². The first-order valence-electron chi connectivity index (χ1n) is 12.1. The number of aromatic nitrogens is 2. The first kappa shape index (κ1) is 25.6. The molecule has 0 spiro atoms. The molecule has 4 nitrogen and oxygen atoms in total. The molecule has 31 heavy (non-hydrogen) atoms. The number of benzene rings is 1. The van der Waals surface area contributed by atoms with E-state index in [9.17, 15) is 5.26 Å². The van der Waals surface area contributed by atoms with Crippen LogP contribution in [0.15, 0.2) is 34.8 Å². The van der Waals surface area contributed by atoms with E-state index in [4.69, 9.17) is 4.42 Å². The van der Waals surface area contributed by atoms with Crippen LogP contribution in [0.1, 0.15) is 88.6 Å². The van der Waals surface area contributed by atoms with Crippen molar-refractivity contribution in [3.63, 3.8) is 0 Å². The SMILES string of the molecule is CCC[CH2][Sn]([CH2]CCC)([CH2]CCC)/[C](=C/CCc1nnc(C)o1)c1ccc(C#N)cc1. The van der Waals surface area contributed by atoms with E-state index >= 15 is 0 Å². The second-order valence-electron chi connectivity index (χ2n) is 8.65. The number of aryl methyl sites for hydroxylation is 2. The van der Waals surface area contributed by atoms with Crippen LogP contribution in [0.2, 0.25) is 13.3 Å². The van der Waals surface area contributed by atoms with Crippen molar-refractivity contribution in [2.24, 2.45) is 0 Å². The average molecular weight is 528 g/mol. The molecule has 168 valence electrons. The van der Waals surface area contributed by atoms with Crippen molar-refractivity contribution in [2.45, 2.75) is 92.4 Å². The number of hydrogen-bond acceptors (Lipinski definition) is 4. The van der Waals surface area contributed by atoms with Crippen molar-refractivity contribution in [1.29, 1.82) is 5.26 Å². The van der Waals surface area contributed by atoms with Gasteiger partial charge in [0.1, 0.15) is 0 Å². The summed E-state index contributed by atoms with van der Waals surface area (Å²) in [6, 6.07) is 10.6. The van der Waals surface area contributed by atoms with Crippen molar-refractivity contribution in [3.05, 3.63) is 53.2 Å². The molecule has 2 aromatic rings. The van der Waals surface area contributed by atoms with Crippen LogP contribution < -0.4 is 0 Å². The summed E-state index contributed by atoms with van der Waals surface area (Å²) in [5.74, 6) is 1.36. The van der Waals surface area contributed by atoms with Gasteiger partial charge in [0, 0.05) is 0 Å². The van der Waals surface area contributed by atoms with E-state index in [-0.39, 0.29) is 0 Å². The monoisotopic (exact) mass is 529 g/mol. The normalized spacial score (nSPS) is 12.2. The number of nitriles is 1. The molecule has 1 aromatic carbocycles. The van der Waals surface area contributed by atoms with Gasteiger partial charge in [-0.2, -0.15) is 0 Å². The quantitative estimate of drug-likeness (QED) is 0.236. The van der Waals surface area contributed by atoms with Gasteiger partial charge in [-0.25, -0.2) is 0 Å². The molecule has 0 saturated carbocycles. The molecule has 0 unspecified atom stereocenters. The van der Waals surface area contributed by atoms with Crippen molar-refractivity contribution >= 4 is 22.0 Å². The zero-order valence-corrected chi connectivity index (χ0v) is 22.8. The Hall–Kier alpha value is -1.61. The zero-order chi connectivity index (χ0) is 22.5. The first-order valence-corrected chi connectivity index (χ1v) is 19.6. The van der Waals surface area contributed by atoms with Gasteiger partial charge in [-0.3, -0.25) is 0 Å². The molecule has 1 aromatic heterocycles. The maximum atomic E-state index is 9.27. The minimum absolute atomic E-state index is 0.633. The molecule has 0 aliphatic rings. The van der Waals surface area contributed by atoms with Crippen molar-refractivity contribution in [2.75, 3.05) is 0 Å². The topological polar surface area (TPSA) is 62.7 Å². The van der Waals surface area contributed by atoms with E-state index in [2.05, 4.69) is 55.2 Å². The van der Waals surface area contributed by atoms with Gasteiger partial charge in [0.15, 0.2) is 0 Å². The molecule has 0 amide bonds. The van der Waals surface area contributed by atoms with Gasteiger partial charge in [0.25, 0.3) is 0 Å². The summed E-state index contributed by atoms with van der Waals surface area (Å²) in [5, 5.41) is 17.4. The number of rotatable bonds is 14. The Morgan fingerprint density at radius 2 is 1.55 bits per heavy atom. The molecule has 0 aliphatic heterocycles. The van der Waals surface area contributed by atoms with Crippen LogP contribution in [-0.4, -0.2) is 28.6 Å². The van der Waals surface area contributed by atoms with Crippen LogP contribution in [0.25, 0.3) is 3.59 Å². The molecule has 2 rings (SSSR count). The average Bonchev–Trinajstić information content (AvgIpc) is 3.22. The molecule has 0 aliphatic carbocycles. The molecular formula is C26H39N3OSn. The summed E-state index contributed by atoms with van der Waals surface area (Å²) in [6.45, 7) is 8.80. The van der Waals surface area contributed by atoms with Crippen LogP contribution in [0, 0.1) is 18.3 Å². The van der Waals surface area contributed by atoms with Gasteiger partial charge in [-0.05, 0) is 0 Å². The molecule has 0 bridgehead atoms. The summed E-state index contributed by atoms with van der Waals surface area (Å²) in [7, 11) is 0. The number of allylic oxidation sites excluding steroid dienone is 1. The molecule has 0 fully saturated rings. The number of unbranched alkanes of at least 4 members (excludes halogenated alkanes) is 3. The zero-order valence-electron chi connectivity index (χ0n) is 19.9. The third-order valence-corrected chi connectivity index (χ3v) is 22.1. The van der Waals surface area contributed by atoms with Crippen molar-refractivity contribution < 1.29 is 4.42 Å². The van der Waals surface area contributed by atoms with Crippen LogP contribution in [0.4, 0.5) is 0 Å². The fourth-order valence-electron chi connectivity index (χ4n) is 4.47. The van der Waals surface area contributed by atoms with Gasteiger partial charge in [-0.15, -0.1) is 0 Å². The predicted octanol–water partition coefficient (Wildman–Crippen LogP) is 7.65. The Bertz CT molecular complexity index is 827. The Morgan fingerprint density at radius 1 is 0.968 bits per heavy atom. The van der Waals surface area contributed by atoms with E-state index in [0.29, 0.717) is 5.89 Å². The Morgan fingerprint density at radius 3 is 2.00 bits per heavy atom. The molecule has 0 N–H and O–H groups in total. The minimum atomic E-state index is -2.63. The van der Waals surface area contributed by atoms with Crippen LogP contribution >= 0.6 is 0 Å². The summed E-state index contributed by atoms with van der Waals surface area (Å²) >= 11 is -2.63. The van der Waals surface area contributed by atoms with Crippen molar-refractivity contribution in [3.8, 4) is 6.07 Å². The summed E-state index contributed by atoms with van der Waals surface area (Å²) < 4.78 is 11.6. The predicted molar refractivity (Wildman–Crippen MR) is 131 cm³/mol. The van der Waals surface area contributed by atoms with Crippen molar-refractivity contribution in [1.82, 2.24) is 10.2 Å². The van der Waals surface area contributed by atoms with Gasteiger partial charge in [-0.1, -0.05) is 0 Å². The molecule has 0 radical (unpaired) electrons.